The lowest BCUT2D eigenvalue weighted by Gasteiger charge is -2.01. The average molecular weight is 250 g/mol. The van der Waals surface area contributed by atoms with E-state index in [9.17, 15) is 9.90 Å². The van der Waals surface area contributed by atoms with E-state index in [1.54, 1.807) is 18.2 Å². The van der Waals surface area contributed by atoms with Gasteiger partial charge in [0.15, 0.2) is 0 Å². The number of aromatic hydroxyl groups is 1. The van der Waals surface area contributed by atoms with Crippen molar-refractivity contribution < 1.29 is 19.4 Å². The number of carbonyl (C=O) groups is 1. The minimum absolute atomic E-state index is 0.178. The third-order valence-corrected chi connectivity index (χ3v) is 3.16. The highest BCUT2D eigenvalue weighted by atomic mass is 32.2. The van der Waals surface area contributed by atoms with Crippen LogP contribution >= 0.6 is 11.8 Å². The van der Waals surface area contributed by atoms with Crippen molar-refractivity contribution in [1.29, 1.82) is 0 Å². The van der Waals surface area contributed by atoms with E-state index in [1.807, 2.05) is 6.07 Å². The number of phenols is 1. The SMILES string of the molecule is O=C(O)c1ccoc1CSc1cccc(O)c1. The fourth-order valence-corrected chi connectivity index (χ4v) is 2.27. The molecule has 0 spiro atoms. The number of benzene rings is 1. The summed E-state index contributed by atoms with van der Waals surface area (Å²) in [7, 11) is 0. The first kappa shape index (κ1) is 11.6. The Morgan fingerprint density at radius 3 is 2.88 bits per heavy atom. The van der Waals surface area contributed by atoms with Crippen molar-refractivity contribution in [3.8, 4) is 5.75 Å². The molecule has 2 aromatic rings. The largest absolute Gasteiger partial charge is 0.508 e. The Bertz CT molecular complexity index is 533. The normalized spacial score (nSPS) is 10.4. The highest BCUT2D eigenvalue weighted by molar-refractivity contribution is 7.98. The van der Waals surface area contributed by atoms with Crippen molar-refractivity contribution in [2.24, 2.45) is 0 Å². The third-order valence-electron chi connectivity index (χ3n) is 2.16. The molecule has 0 fully saturated rings. The van der Waals surface area contributed by atoms with Gasteiger partial charge in [-0.15, -0.1) is 11.8 Å². The van der Waals surface area contributed by atoms with Crippen LogP contribution in [0.25, 0.3) is 0 Å². The first-order valence-corrected chi connectivity index (χ1v) is 5.87. The molecule has 0 unspecified atom stereocenters. The molecule has 1 aromatic heterocycles. The lowest BCUT2D eigenvalue weighted by molar-refractivity contribution is 0.0695. The number of hydrogen-bond acceptors (Lipinski definition) is 4. The van der Waals surface area contributed by atoms with Crippen LogP contribution in [-0.4, -0.2) is 16.2 Å². The van der Waals surface area contributed by atoms with Crippen molar-refractivity contribution >= 4 is 17.7 Å². The van der Waals surface area contributed by atoms with E-state index in [1.165, 1.54) is 24.1 Å². The van der Waals surface area contributed by atoms with E-state index in [0.717, 1.165) is 4.90 Å². The summed E-state index contributed by atoms with van der Waals surface area (Å²) in [6.07, 6.45) is 1.36. The highest BCUT2D eigenvalue weighted by Gasteiger charge is 2.13. The first-order valence-electron chi connectivity index (χ1n) is 4.88. The number of phenolic OH excluding ortho intramolecular Hbond substituents is 1. The van der Waals surface area contributed by atoms with E-state index in [2.05, 4.69) is 0 Å². The number of aromatic carboxylic acids is 1. The molecule has 0 bridgehead atoms. The Morgan fingerprint density at radius 2 is 2.18 bits per heavy atom. The molecule has 2 rings (SSSR count). The Kier molecular flexibility index (Phi) is 3.39. The molecule has 2 N–H and O–H groups in total. The van der Waals surface area contributed by atoms with Gasteiger partial charge in [-0.05, 0) is 24.3 Å². The molecule has 0 radical (unpaired) electrons. The summed E-state index contributed by atoms with van der Waals surface area (Å²) in [6, 6.07) is 8.21. The van der Waals surface area contributed by atoms with Crippen molar-refractivity contribution in [1.82, 2.24) is 0 Å². The predicted molar refractivity (Wildman–Crippen MR) is 63.3 cm³/mol. The number of thioether (sulfide) groups is 1. The number of carboxylic acid groups (broad SMARTS) is 1. The van der Waals surface area contributed by atoms with Gasteiger partial charge in [-0.25, -0.2) is 4.79 Å². The summed E-state index contributed by atoms with van der Waals surface area (Å²) in [5.74, 6) is 0.0296. The van der Waals surface area contributed by atoms with Gasteiger partial charge < -0.3 is 14.6 Å². The molecule has 0 saturated carbocycles. The zero-order valence-corrected chi connectivity index (χ0v) is 9.61. The lowest BCUT2D eigenvalue weighted by Crippen LogP contribution is -1.97. The first-order chi connectivity index (χ1) is 8.16. The molecule has 5 heteroatoms. The summed E-state index contributed by atoms with van der Waals surface area (Å²) >= 11 is 1.41. The second-order valence-corrected chi connectivity index (χ2v) is 4.40. The van der Waals surface area contributed by atoms with E-state index in [4.69, 9.17) is 9.52 Å². The Morgan fingerprint density at radius 1 is 1.35 bits per heavy atom. The van der Waals surface area contributed by atoms with Gasteiger partial charge in [0.25, 0.3) is 0 Å². The summed E-state index contributed by atoms with van der Waals surface area (Å²) in [5.41, 5.74) is 0.178. The maximum Gasteiger partial charge on any atom is 0.339 e. The van der Waals surface area contributed by atoms with Gasteiger partial charge in [-0.2, -0.15) is 0 Å². The molecule has 0 aliphatic rings. The topological polar surface area (TPSA) is 70.7 Å². The maximum atomic E-state index is 10.8. The van der Waals surface area contributed by atoms with Gasteiger partial charge in [0.2, 0.25) is 0 Å². The van der Waals surface area contributed by atoms with Crippen molar-refractivity contribution in [2.45, 2.75) is 10.6 Å². The van der Waals surface area contributed by atoms with Gasteiger partial charge in [0.1, 0.15) is 17.1 Å². The summed E-state index contributed by atoms with van der Waals surface area (Å²) in [4.78, 5) is 11.7. The standard InChI is InChI=1S/C12H10O4S/c13-8-2-1-3-9(6-8)17-7-11-10(12(14)15)4-5-16-11/h1-6,13H,7H2,(H,14,15). The summed E-state index contributed by atoms with van der Waals surface area (Å²) in [6.45, 7) is 0. The highest BCUT2D eigenvalue weighted by Crippen LogP contribution is 2.27. The fourth-order valence-electron chi connectivity index (χ4n) is 1.37. The molecule has 88 valence electrons. The molecule has 4 nitrogen and oxygen atoms in total. The lowest BCUT2D eigenvalue weighted by atomic mass is 10.3. The van der Waals surface area contributed by atoms with E-state index in [-0.39, 0.29) is 11.3 Å². The Hall–Kier alpha value is -1.88. The molecule has 0 atom stereocenters. The van der Waals surface area contributed by atoms with Crippen LogP contribution in [0, 0.1) is 0 Å². The zero-order valence-electron chi connectivity index (χ0n) is 8.79. The van der Waals surface area contributed by atoms with Crippen LogP contribution in [0.3, 0.4) is 0 Å². The number of rotatable bonds is 4. The smallest absolute Gasteiger partial charge is 0.339 e. The van der Waals surface area contributed by atoms with Crippen molar-refractivity contribution in [2.75, 3.05) is 0 Å². The van der Waals surface area contributed by atoms with Gasteiger partial charge in [0.05, 0.1) is 12.0 Å². The minimum atomic E-state index is -0.995. The number of carboxylic acids is 1. The second-order valence-electron chi connectivity index (χ2n) is 3.35. The van der Waals surface area contributed by atoms with E-state index in [0.29, 0.717) is 11.5 Å². The van der Waals surface area contributed by atoms with Gasteiger partial charge >= 0.3 is 5.97 Å². The number of furan rings is 1. The maximum absolute atomic E-state index is 10.8. The van der Waals surface area contributed by atoms with Crippen LogP contribution in [-0.2, 0) is 5.75 Å². The van der Waals surface area contributed by atoms with Gasteiger partial charge in [0, 0.05) is 4.90 Å². The Balaban J connectivity index is 2.07. The molecule has 0 aliphatic carbocycles. The molecule has 1 aromatic carbocycles. The molecule has 0 saturated heterocycles. The Labute approximate surface area is 102 Å². The molecule has 17 heavy (non-hydrogen) atoms. The van der Waals surface area contributed by atoms with Crippen LogP contribution in [0.15, 0.2) is 45.9 Å². The molecular formula is C12H10O4S. The minimum Gasteiger partial charge on any atom is -0.508 e. The number of hydrogen-bond donors (Lipinski definition) is 2. The summed E-state index contributed by atoms with van der Waals surface area (Å²) in [5, 5.41) is 18.2. The second kappa shape index (κ2) is 4.97. The van der Waals surface area contributed by atoms with E-state index >= 15 is 0 Å². The average Bonchev–Trinajstić information content (AvgIpc) is 2.74. The fraction of sp³-hybridized carbons (Fsp3) is 0.0833. The summed E-state index contributed by atoms with van der Waals surface area (Å²) < 4.78 is 5.11. The monoisotopic (exact) mass is 250 g/mol. The quantitative estimate of drug-likeness (QED) is 0.816. The van der Waals surface area contributed by atoms with E-state index < -0.39 is 5.97 Å². The van der Waals surface area contributed by atoms with Crippen LogP contribution in [0.5, 0.6) is 5.75 Å². The van der Waals surface area contributed by atoms with Crippen molar-refractivity contribution in [3.63, 3.8) is 0 Å². The molecule has 0 amide bonds. The zero-order chi connectivity index (χ0) is 12.3. The molecule has 0 aliphatic heterocycles. The third kappa shape index (κ3) is 2.82. The molecule has 1 heterocycles. The van der Waals surface area contributed by atoms with Crippen LogP contribution < -0.4 is 0 Å². The molecular weight excluding hydrogens is 240 g/mol. The predicted octanol–water partition coefficient (Wildman–Crippen LogP) is 2.98. The van der Waals surface area contributed by atoms with Crippen LogP contribution in [0.4, 0.5) is 0 Å². The van der Waals surface area contributed by atoms with Crippen LogP contribution in [0.1, 0.15) is 16.1 Å². The van der Waals surface area contributed by atoms with Gasteiger partial charge in [-0.1, -0.05) is 6.07 Å². The van der Waals surface area contributed by atoms with Crippen LogP contribution in [0.2, 0.25) is 0 Å². The van der Waals surface area contributed by atoms with Gasteiger partial charge in [-0.3, -0.25) is 0 Å². The van der Waals surface area contributed by atoms with Crippen molar-refractivity contribution in [3.05, 3.63) is 47.9 Å².